The van der Waals surface area contributed by atoms with Gasteiger partial charge in [0.25, 0.3) is 0 Å². The van der Waals surface area contributed by atoms with Crippen molar-refractivity contribution in [2.24, 2.45) is 0 Å². The predicted molar refractivity (Wildman–Crippen MR) is 117 cm³/mol. The SMILES string of the molecule is Cc1ccc2nc(Cn3cc(-c4cccc5c4cnn5C4CCCCO4)nn3)cn2c1. The summed E-state index contributed by atoms with van der Waals surface area (Å²) in [5, 5.41) is 14.5. The van der Waals surface area contributed by atoms with Crippen LogP contribution in [0.1, 0.15) is 36.7 Å². The van der Waals surface area contributed by atoms with Crippen molar-refractivity contribution >= 4 is 16.6 Å². The lowest BCUT2D eigenvalue weighted by Crippen LogP contribution is -2.18. The lowest BCUT2D eigenvalue weighted by molar-refractivity contribution is -0.0366. The zero-order valence-corrected chi connectivity index (χ0v) is 17.3. The van der Waals surface area contributed by atoms with E-state index in [4.69, 9.17) is 4.74 Å². The van der Waals surface area contributed by atoms with E-state index >= 15 is 0 Å². The highest BCUT2D eigenvalue weighted by Gasteiger charge is 2.20. The molecule has 8 heteroatoms. The molecule has 0 amide bonds. The van der Waals surface area contributed by atoms with E-state index in [0.717, 1.165) is 52.9 Å². The minimum atomic E-state index is 0.0101. The Morgan fingerprint density at radius 2 is 2.06 bits per heavy atom. The van der Waals surface area contributed by atoms with Crippen molar-refractivity contribution in [1.82, 2.24) is 34.2 Å². The average Bonchev–Trinajstić information content (AvgIpc) is 3.52. The van der Waals surface area contributed by atoms with E-state index in [-0.39, 0.29) is 6.23 Å². The van der Waals surface area contributed by atoms with Crippen molar-refractivity contribution in [3.63, 3.8) is 0 Å². The molecule has 1 aliphatic heterocycles. The highest BCUT2D eigenvalue weighted by Crippen LogP contribution is 2.31. The number of aromatic nitrogens is 7. The van der Waals surface area contributed by atoms with Crippen LogP contribution in [0.2, 0.25) is 0 Å². The topological polar surface area (TPSA) is 75.1 Å². The van der Waals surface area contributed by atoms with Crippen LogP contribution in [-0.4, -0.2) is 40.8 Å². The average molecular weight is 413 g/mol. The van der Waals surface area contributed by atoms with E-state index < -0.39 is 0 Å². The summed E-state index contributed by atoms with van der Waals surface area (Å²) in [6, 6.07) is 10.3. The fourth-order valence-electron chi connectivity index (χ4n) is 4.34. The third-order valence-electron chi connectivity index (χ3n) is 5.86. The first-order chi connectivity index (χ1) is 15.2. The Morgan fingerprint density at radius 3 is 2.97 bits per heavy atom. The van der Waals surface area contributed by atoms with Gasteiger partial charge in [-0.25, -0.2) is 14.3 Å². The van der Waals surface area contributed by atoms with Crippen LogP contribution in [0.15, 0.2) is 55.1 Å². The Morgan fingerprint density at radius 1 is 1.10 bits per heavy atom. The Labute approximate surface area is 179 Å². The normalized spacial score (nSPS) is 17.0. The van der Waals surface area contributed by atoms with Gasteiger partial charge in [-0.05, 0) is 43.9 Å². The summed E-state index contributed by atoms with van der Waals surface area (Å²) in [5.41, 5.74) is 6.00. The molecule has 1 fully saturated rings. The lowest BCUT2D eigenvalue weighted by Gasteiger charge is -2.23. The minimum Gasteiger partial charge on any atom is -0.356 e. The second-order valence-electron chi connectivity index (χ2n) is 8.15. The Kier molecular flexibility index (Phi) is 4.31. The highest BCUT2D eigenvalue weighted by atomic mass is 16.5. The van der Waals surface area contributed by atoms with E-state index in [1.54, 1.807) is 0 Å². The number of imidazole rings is 1. The summed E-state index contributed by atoms with van der Waals surface area (Å²) < 4.78 is 11.8. The largest absolute Gasteiger partial charge is 0.356 e. The molecular weight excluding hydrogens is 390 g/mol. The summed E-state index contributed by atoms with van der Waals surface area (Å²) in [4.78, 5) is 4.68. The first-order valence-corrected chi connectivity index (χ1v) is 10.7. The minimum absolute atomic E-state index is 0.0101. The lowest BCUT2D eigenvalue weighted by atomic mass is 10.1. The zero-order chi connectivity index (χ0) is 20.8. The van der Waals surface area contributed by atoms with Crippen molar-refractivity contribution in [1.29, 1.82) is 0 Å². The molecule has 0 spiro atoms. The number of ether oxygens (including phenoxy) is 1. The van der Waals surface area contributed by atoms with Gasteiger partial charge < -0.3 is 9.14 Å². The fourth-order valence-corrected chi connectivity index (χ4v) is 4.34. The fraction of sp³-hybridized carbons (Fsp3) is 0.304. The number of rotatable bonds is 4. The van der Waals surface area contributed by atoms with Crippen LogP contribution in [0.4, 0.5) is 0 Å². The molecular formula is C23H23N7O. The molecule has 8 nitrogen and oxygen atoms in total. The van der Waals surface area contributed by atoms with Gasteiger partial charge in [0.2, 0.25) is 0 Å². The molecule has 5 heterocycles. The molecule has 6 rings (SSSR count). The molecule has 5 aromatic rings. The van der Waals surface area contributed by atoms with Crippen molar-refractivity contribution in [3.05, 3.63) is 66.4 Å². The molecule has 0 N–H and O–H groups in total. The van der Waals surface area contributed by atoms with E-state index in [1.165, 1.54) is 12.0 Å². The van der Waals surface area contributed by atoms with Crippen LogP contribution in [0.5, 0.6) is 0 Å². The van der Waals surface area contributed by atoms with Crippen LogP contribution < -0.4 is 0 Å². The number of nitrogens with zero attached hydrogens (tertiary/aromatic N) is 7. The van der Waals surface area contributed by atoms with Crippen LogP contribution in [0.3, 0.4) is 0 Å². The van der Waals surface area contributed by atoms with Gasteiger partial charge in [-0.15, -0.1) is 5.10 Å². The summed E-state index contributed by atoms with van der Waals surface area (Å²) in [6.45, 7) is 3.44. The van der Waals surface area contributed by atoms with Crippen LogP contribution in [0.25, 0.3) is 27.8 Å². The zero-order valence-electron chi connectivity index (χ0n) is 17.3. The summed E-state index contributed by atoms with van der Waals surface area (Å²) in [6.07, 6.45) is 11.3. The van der Waals surface area contributed by atoms with Gasteiger partial charge in [-0.3, -0.25) is 0 Å². The molecule has 31 heavy (non-hydrogen) atoms. The molecule has 1 unspecified atom stereocenters. The number of benzene rings is 1. The predicted octanol–water partition coefficient (Wildman–Crippen LogP) is 4.00. The van der Waals surface area contributed by atoms with Crippen molar-refractivity contribution < 1.29 is 4.74 Å². The molecule has 1 aliphatic rings. The third-order valence-corrected chi connectivity index (χ3v) is 5.86. The standard InChI is InChI=1S/C23H23N7O/c1-16-8-9-22-25-17(13-28(22)12-16)14-29-15-20(26-27-29)18-5-4-6-21-19(18)11-24-30(21)23-7-2-3-10-31-23/h4-6,8-9,11-13,15,23H,2-3,7,10,14H2,1H3. The maximum absolute atomic E-state index is 5.94. The van der Waals surface area contributed by atoms with E-state index in [1.807, 2.05) is 44.5 Å². The number of hydrogen-bond donors (Lipinski definition) is 0. The van der Waals surface area contributed by atoms with Gasteiger partial charge in [-0.1, -0.05) is 23.4 Å². The van der Waals surface area contributed by atoms with Crippen molar-refractivity contribution in [2.45, 2.75) is 39.0 Å². The molecule has 156 valence electrons. The number of pyridine rings is 1. The Bertz CT molecular complexity index is 1370. The number of hydrogen-bond acceptors (Lipinski definition) is 5. The Hall–Kier alpha value is -3.52. The highest BCUT2D eigenvalue weighted by molar-refractivity contribution is 5.93. The van der Waals surface area contributed by atoms with Gasteiger partial charge in [0.1, 0.15) is 11.3 Å². The van der Waals surface area contributed by atoms with Crippen LogP contribution >= 0.6 is 0 Å². The van der Waals surface area contributed by atoms with Gasteiger partial charge in [0.15, 0.2) is 6.23 Å². The molecule has 1 saturated heterocycles. The molecule has 0 radical (unpaired) electrons. The van der Waals surface area contributed by atoms with E-state index in [0.29, 0.717) is 6.54 Å². The first-order valence-electron chi connectivity index (χ1n) is 10.7. The molecule has 1 atom stereocenters. The van der Waals surface area contributed by atoms with Gasteiger partial charge in [-0.2, -0.15) is 5.10 Å². The van der Waals surface area contributed by atoms with Crippen molar-refractivity contribution in [3.8, 4) is 11.3 Å². The molecule has 0 aliphatic carbocycles. The monoisotopic (exact) mass is 413 g/mol. The summed E-state index contributed by atoms with van der Waals surface area (Å²) in [5.74, 6) is 0. The van der Waals surface area contributed by atoms with Gasteiger partial charge in [0.05, 0.1) is 30.1 Å². The molecule has 1 aromatic carbocycles. The quantitative estimate of drug-likeness (QED) is 0.445. The van der Waals surface area contributed by atoms with Gasteiger partial charge >= 0.3 is 0 Å². The second kappa shape index (κ2) is 7.31. The number of aryl methyl sites for hydroxylation is 1. The molecule has 0 saturated carbocycles. The maximum Gasteiger partial charge on any atom is 0.150 e. The van der Waals surface area contributed by atoms with Crippen LogP contribution in [-0.2, 0) is 11.3 Å². The van der Waals surface area contributed by atoms with Crippen LogP contribution in [0, 0.1) is 6.92 Å². The third kappa shape index (κ3) is 3.29. The summed E-state index contributed by atoms with van der Waals surface area (Å²) >= 11 is 0. The maximum atomic E-state index is 5.94. The first kappa shape index (κ1) is 18.3. The summed E-state index contributed by atoms with van der Waals surface area (Å²) in [7, 11) is 0. The van der Waals surface area contributed by atoms with Crippen molar-refractivity contribution in [2.75, 3.05) is 6.61 Å². The Balaban J connectivity index is 1.31. The molecule has 4 aromatic heterocycles. The molecule has 0 bridgehead atoms. The van der Waals surface area contributed by atoms with E-state index in [2.05, 4.69) is 51.7 Å². The second-order valence-corrected chi connectivity index (χ2v) is 8.15. The number of fused-ring (bicyclic) bond motifs is 2. The smallest absolute Gasteiger partial charge is 0.150 e. The van der Waals surface area contributed by atoms with Gasteiger partial charge in [0, 0.05) is 30.0 Å². The van der Waals surface area contributed by atoms with E-state index in [9.17, 15) is 0 Å².